The van der Waals surface area contributed by atoms with Gasteiger partial charge in [-0.1, -0.05) is 6.07 Å². The molecule has 5 rings (SSSR count). The number of benzene rings is 1. The van der Waals surface area contributed by atoms with E-state index in [1.54, 1.807) is 6.07 Å². The van der Waals surface area contributed by atoms with Crippen LogP contribution in [0.1, 0.15) is 90.5 Å². The third-order valence-corrected chi connectivity index (χ3v) is 8.17. The van der Waals surface area contributed by atoms with Crippen LogP contribution < -0.4 is 15.8 Å². The first kappa shape index (κ1) is 31.5. The third-order valence-electron chi connectivity index (χ3n) is 8.17. The molecule has 3 aromatic rings. The molecule has 2 atom stereocenters. The first-order valence-corrected chi connectivity index (χ1v) is 14.2. The second kappa shape index (κ2) is 12.2. The molecule has 8 nitrogen and oxygen atoms in total. The Kier molecular flexibility index (Phi) is 8.76. The van der Waals surface area contributed by atoms with E-state index in [1.807, 2.05) is 0 Å². The van der Waals surface area contributed by atoms with E-state index in [1.165, 1.54) is 35.1 Å². The van der Waals surface area contributed by atoms with E-state index in [0.717, 1.165) is 12.8 Å². The van der Waals surface area contributed by atoms with Gasteiger partial charge in [0.1, 0.15) is 5.75 Å². The van der Waals surface area contributed by atoms with Gasteiger partial charge in [0, 0.05) is 36.3 Å². The van der Waals surface area contributed by atoms with Crippen molar-refractivity contribution in [2.45, 2.75) is 82.0 Å². The summed E-state index contributed by atoms with van der Waals surface area (Å²) in [5.41, 5.74) is 6.51. The molecule has 2 fully saturated rings. The Balaban J connectivity index is 1.54. The maximum atomic E-state index is 14.1. The van der Waals surface area contributed by atoms with Crippen LogP contribution in [0, 0.1) is 11.8 Å². The van der Waals surface area contributed by atoms with Crippen molar-refractivity contribution in [2.75, 3.05) is 0 Å². The molecule has 2 aliphatic rings. The molecule has 0 spiro atoms. The number of aromatic nitrogens is 3. The van der Waals surface area contributed by atoms with E-state index in [2.05, 4.69) is 15.4 Å². The second-order valence-electron chi connectivity index (χ2n) is 11.4. The first-order chi connectivity index (χ1) is 20.7. The van der Waals surface area contributed by atoms with E-state index in [-0.39, 0.29) is 47.0 Å². The minimum atomic E-state index is -4.47. The fourth-order valence-electron chi connectivity index (χ4n) is 5.93. The van der Waals surface area contributed by atoms with Crippen LogP contribution in [0.2, 0.25) is 0 Å². The molecule has 0 aliphatic heterocycles. The normalized spacial score (nSPS) is 18.7. The van der Waals surface area contributed by atoms with Gasteiger partial charge in [0.25, 0.3) is 0 Å². The van der Waals surface area contributed by atoms with E-state index in [9.17, 15) is 40.3 Å². The van der Waals surface area contributed by atoms with Gasteiger partial charge in [-0.25, -0.2) is 18.3 Å². The van der Waals surface area contributed by atoms with Crippen LogP contribution in [0.15, 0.2) is 36.7 Å². The monoisotopic (exact) mass is 629 g/mol. The number of amides is 2. The van der Waals surface area contributed by atoms with Gasteiger partial charge in [0.05, 0.1) is 30.6 Å². The molecule has 238 valence electrons. The molecule has 2 saturated carbocycles. The number of halogens is 7. The van der Waals surface area contributed by atoms with Gasteiger partial charge < -0.3 is 15.8 Å². The van der Waals surface area contributed by atoms with Crippen molar-refractivity contribution >= 4 is 17.5 Å². The standard InChI is InChI=1S/C29H30F7N5O3/c30-27(31)44-20-3-1-2-18(26(37)43)24(20)23(15-6-9-28(32,33)10-7-15)19-14-41-21(39-19)12-17(13-38-41)25(16-4-5-16)40-22(42)8-11-29(34,35)36/h1-3,12-16,23,25,27H,4-11H2,(H2,37,43)(H,40,42)/t23-,25-/m1/s1. The lowest BCUT2D eigenvalue weighted by atomic mass is 9.73. The Hall–Kier alpha value is -3.91. The van der Waals surface area contributed by atoms with Crippen LogP contribution in [0.25, 0.3) is 5.65 Å². The molecule has 2 amide bonds. The van der Waals surface area contributed by atoms with Crippen LogP contribution in [0.3, 0.4) is 0 Å². The van der Waals surface area contributed by atoms with Gasteiger partial charge >= 0.3 is 12.8 Å². The molecule has 0 unspecified atom stereocenters. The van der Waals surface area contributed by atoms with Crippen molar-refractivity contribution in [3.05, 3.63) is 59.0 Å². The van der Waals surface area contributed by atoms with E-state index < -0.39 is 74.1 Å². The highest BCUT2D eigenvalue weighted by Crippen LogP contribution is 2.48. The lowest BCUT2D eigenvalue weighted by Gasteiger charge is -2.34. The molecular weight excluding hydrogens is 599 g/mol. The van der Waals surface area contributed by atoms with Crippen LogP contribution in [-0.2, 0) is 4.79 Å². The minimum Gasteiger partial charge on any atom is -0.434 e. The number of nitrogens with zero attached hydrogens (tertiary/aromatic N) is 3. The summed E-state index contributed by atoms with van der Waals surface area (Å²) < 4.78 is 99.2. The molecule has 0 saturated heterocycles. The van der Waals surface area contributed by atoms with Crippen molar-refractivity contribution in [3.63, 3.8) is 0 Å². The van der Waals surface area contributed by atoms with Gasteiger partial charge in [-0.2, -0.15) is 27.1 Å². The summed E-state index contributed by atoms with van der Waals surface area (Å²) in [6, 6.07) is 4.91. The average Bonchev–Trinajstić information content (AvgIpc) is 3.69. The summed E-state index contributed by atoms with van der Waals surface area (Å²) in [7, 11) is 0. The Bertz CT molecular complexity index is 1510. The first-order valence-electron chi connectivity index (χ1n) is 14.2. The van der Waals surface area contributed by atoms with Gasteiger partial charge in [-0.05, 0) is 61.3 Å². The van der Waals surface area contributed by atoms with Crippen molar-refractivity contribution in [1.29, 1.82) is 0 Å². The topological polar surface area (TPSA) is 112 Å². The number of carbonyl (C=O) groups is 2. The Morgan fingerprint density at radius 1 is 1.11 bits per heavy atom. The maximum absolute atomic E-state index is 14.1. The zero-order chi connectivity index (χ0) is 31.8. The number of alkyl halides is 7. The quantitative estimate of drug-likeness (QED) is 0.242. The smallest absolute Gasteiger partial charge is 0.389 e. The van der Waals surface area contributed by atoms with Crippen molar-refractivity contribution in [3.8, 4) is 5.75 Å². The number of rotatable bonds is 11. The minimum absolute atomic E-state index is 0.000850. The number of nitrogens with one attached hydrogen (secondary N) is 1. The number of imidazole rings is 1. The lowest BCUT2D eigenvalue weighted by molar-refractivity contribution is -0.144. The van der Waals surface area contributed by atoms with Crippen molar-refractivity contribution in [2.24, 2.45) is 17.6 Å². The van der Waals surface area contributed by atoms with Gasteiger partial charge in [0.2, 0.25) is 17.7 Å². The summed E-state index contributed by atoms with van der Waals surface area (Å²) in [5, 5.41) is 7.03. The number of hydrogen-bond acceptors (Lipinski definition) is 5. The molecule has 15 heteroatoms. The number of ether oxygens (including phenoxy) is 1. The summed E-state index contributed by atoms with van der Waals surface area (Å²) in [5.74, 6) is -6.42. The molecular formula is C29H30F7N5O3. The number of carbonyl (C=O) groups excluding carboxylic acids is 2. The second-order valence-corrected chi connectivity index (χ2v) is 11.4. The van der Waals surface area contributed by atoms with Crippen LogP contribution in [0.4, 0.5) is 30.7 Å². The SMILES string of the molecule is NC(=O)c1cccc(OC(F)F)c1[C@@H](c1cn2ncc([C@H](NC(=O)CCC(F)(F)F)C3CC3)cc2n1)C1CCC(F)(F)CC1. The molecule has 2 aliphatic carbocycles. The van der Waals surface area contributed by atoms with E-state index in [0.29, 0.717) is 5.56 Å². The number of nitrogens with two attached hydrogens (primary N) is 1. The van der Waals surface area contributed by atoms with Gasteiger partial charge in [-0.3, -0.25) is 9.59 Å². The van der Waals surface area contributed by atoms with E-state index >= 15 is 0 Å². The zero-order valence-electron chi connectivity index (χ0n) is 23.3. The van der Waals surface area contributed by atoms with Crippen LogP contribution in [-0.4, -0.2) is 45.1 Å². The fourth-order valence-corrected chi connectivity index (χ4v) is 5.93. The third kappa shape index (κ3) is 7.41. The molecule has 0 bridgehead atoms. The predicted molar refractivity (Wildman–Crippen MR) is 142 cm³/mol. The highest BCUT2D eigenvalue weighted by atomic mass is 19.4. The Morgan fingerprint density at radius 3 is 2.43 bits per heavy atom. The largest absolute Gasteiger partial charge is 0.434 e. The zero-order valence-corrected chi connectivity index (χ0v) is 23.3. The number of hydrogen-bond donors (Lipinski definition) is 2. The summed E-state index contributed by atoms with van der Waals surface area (Å²) >= 11 is 0. The van der Waals surface area contributed by atoms with Crippen LogP contribution in [0.5, 0.6) is 5.75 Å². The summed E-state index contributed by atoms with van der Waals surface area (Å²) in [6.07, 6.45) is -2.92. The lowest BCUT2D eigenvalue weighted by Crippen LogP contribution is -2.30. The van der Waals surface area contributed by atoms with Crippen LogP contribution >= 0.6 is 0 Å². The molecule has 44 heavy (non-hydrogen) atoms. The highest BCUT2D eigenvalue weighted by molar-refractivity contribution is 5.95. The summed E-state index contributed by atoms with van der Waals surface area (Å²) in [6.45, 7) is -3.25. The molecule has 2 heterocycles. The molecule has 3 N–H and O–H groups in total. The predicted octanol–water partition coefficient (Wildman–Crippen LogP) is 6.30. The van der Waals surface area contributed by atoms with Crippen molar-refractivity contribution < 1.29 is 45.1 Å². The molecule has 1 aromatic carbocycles. The Labute approximate surface area is 247 Å². The molecule has 0 radical (unpaired) electrons. The highest BCUT2D eigenvalue weighted by Gasteiger charge is 2.42. The van der Waals surface area contributed by atoms with Crippen molar-refractivity contribution in [1.82, 2.24) is 19.9 Å². The average molecular weight is 630 g/mol. The number of primary amides is 1. The maximum Gasteiger partial charge on any atom is 0.389 e. The van der Waals surface area contributed by atoms with Gasteiger partial charge in [0.15, 0.2) is 5.65 Å². The van der Waals surface area contributed by atoms with E-state index in [4.69, 9.17) is 10.5 Å². The Morgan fingerprint density at radius 2 is 1.82 bits per heavy atom. The number of fused-ring (bicyclic) bond motifs is 1. The van der Waals surface area contributed by atoms with Gasteiger partial charge in [-0.15, -0.1) is 0 Å². The fraction of sp³-hybridized carbons (Fsp3) is 0.517. The molecule has 2 aromatic heterocycles. The summed E-state index contributed by atoms with van der Waals surface area (Å²) in [4.78, 5) is 29.4.